The van der Waals surface area contributed by atoms with Crippen molar-refractivity contribution in [3.8, 4) is 0 Å². The summed E-state index contributed by atoms with van der Waals surface area (Å²) >= 11 is 3.61. The molecule has 1 saturated carbocycles. The third-order valence-corrected chi connectivity index (χ3v) is 4.22. The van der Waals surface area contributed by atoms with Crippen LogP contribution in [0.3, 0.4) is 0 Å². The van der Waals surface area contributed by atoms with Crippen molar-refractivity contribution in [1.29, 1.82) is 0 Å². The Hall–Kier alpha value is -0.540. The Balaban J connectivity index is 2.31. The van der Waals surface area contributed by atoms with Gasteiger partial charge < -0.3 is 10.2 Å². The zero-order chi connectivity index (χ0) is 13.8. The highest BCUT2D eigenvalue weighted by Crippen LogP contribution is 2.37. The van der Waals surface area contributed by atoms with Gasteiger partial charge in [-0.25, -0.2) is 0 Å². The van der Waals surface area contributed by atoms with Gasteiger partial charge in [-0.1, -0.05) is 29.8 Å². The van der Waals surface area contributed by atoms with E-state index in [0.29, 0.717) is 6.04 Å². The van der Waals surface area contributed by atoms with Gasteiger partial charge in [-0.2, -0.15) is 0 Å². The lowest BCUT2D eigenvalue weighted by atomic mass is 10.0. The molecule has 19 heavy (non-hydrogen) atoms. The molecule has 2 rings (SSSR count). The molecular formula is C16H25BrN2. The average molecular weight is 325 g/mol. The number of nitrogens with zero attached hydrogens (tertiary/aromatic N) is 1. The predicted octanol–water partition coefficient (Wildman–Crippen LogP) is 4.50. The Morgan fingerprint density at radius 1 is 1.37 bits per heavy atom. The molecule has 3 heteroatoms. The first kappa shape index (κ1) is 14.9. The minimum atomic E-state index is 0.399. The molecule has 2 nitrogen and oxygen atoms in total. The second-order valence-corrected chi connectivity index (χ2v) is 6.32. The van der Waals surface area contributed by atoms with E-state index < -0.39 is 0 Å². The fourth-order valence-corrected chi connectivity index (χ4v) is 3.06. The first-order valence-electron chi connectivity index (χ1n) is 7.46. The summed E-state index contributed by atoms with van der Waals surface area (Å²) in [5.74, 6) is 0. The second-order valence-electron chi connectivity index (χ2n) is 5.41. The Morgan fingerprint density at radius 2 is 2.11 bits per heavy atom. The van der Waals surface area contributed by atoms with Gasteiger partial charge in [0, 0.05) is 28.8 Å². The van der Waals surface area contributed by atoms with Gasteiger partial charge in [0.05, 0.1) is 0 Å². The van der Waals surface area contributed by atoms with Gasteiger partial charge in [-0.3, -0.25) is 0 Å². The lowest BCUT2D eigenvalue weighted by Gasteiger charge is -2.29. The van der Waals surface area contributed by atoms with E-state index in [1.807, 2.05) is 0 Å². The van der Waals surface area contributed by atoms with Gasteiger partial charge in [0.1, 0.15) is 0 Å². The number of hydrogen-bond donors (Lipinski definition) is 1. The zero-order valence-electron chi connectivity index (χ0n) is 12.2. The number of rotatable bonds is 7. The molecule has 1 fully saturated rings. The molecule has 0 bridgehead atoms. The minimum Gasteiger partial charge on any atom is -0.368 e. The molecule has 0 radical (unpaired) electrons. The second kappa shape index (κ2) is 6.76. The van der Waals surface area contributed by atoms with E-state index in [9.17, 15) is 0 Å². The largest absolute Gasteiger partial charge is 0.368 e. The monoisotopic (exact) mass is 324 g/mol. The molecule has 106 valence electrons. The van der Waals surface area contributed by atoms with Gasteiger partial charge >= 0.3 is 0 Å². The topological polar surface area (TPSA) is 15.3 Å². The van der Waals surface area contributed by atoms with E-state index in [0.717, 1.165) is 19.1 Å². The summed E-state index contributed by atoms with van der Waals surface area (Å²) in [6.45, 7) is 8.86. The summed E-state index contributed by atoms with van der Waals surface area (Å²) in [6, 6.07) is 7.89. The van der Waals surface area contributed by atoms with Gasteiger partial charge in [0.15, 0.2) is 0 Å². The van der Waals surface area contributed by atoms with Crippen LogP contribution in [0.4, 0.5) is 5.69 Å². The van der Waals surface area contributed by atoms with Crippen LogP contribution in [0, 0.1) is 0 Å². The maximum absolute atomic E-state index is 3.61. The summed E-state index contributed by atoms with van der Waals surface area (Å²) < 4.78 is 1.17. The van der Waals surface area contributed by atoms with E-state index in [-0.39, 0.29) is 0 Å². The van der Waals surface area contributed by atoms with E-state index in [2.05, 4.69) is 65.1 Å². The molecule has 1 N–H and O–H groups in total. The van der Waals surface area contributed by atoms with E-state index in [1.165, 1.54) is 35.0 Å². The summed E-state index contributed by atoms with van der Waals surface area (Å²) in [5.41, 5.74) is 2.83. The number of nitrogens with one attached hydrogen (secondary N) is 1. The summed E-state index contributed by atoms with van der Waals surface area (Å²) in [5, 5.41) is 3.54. The highest BCUT2D eigenvalue weighted by atomic mass is 79.9. The third-order valence-electron chi connectivity index (χ3n) is 3.73. The Morgan fingerprint density at radius 3 is 2.68 bits per heavy atom. The normalized spacial score (nSPS) is 16.4. The van der Waals surface area contributed by atoms with Crippen molar-refractivity contribution in [2.45, 2.75) is 52.1 Å². The van der Waals surface area contributed by atoms with Crippen LogP contribution in [0.1, 0.15) is 51.6 Å². The number of hydrogen-bond acceptors (Lipinski definition) is 2. The Kier molecular flexibility index (Phi) is 5.28. The van der Waals surface area contributed by atoms with Crippen LogP contribution < -0.4 is 10.2 Å². The maximum atomic E-state index is 3.61. The molecule has 0 amide bonds. The lowest BCUT2D eigenvalue weighted by Crippen LogP contribution is -2.29. The zero-order valence-corrected chi connectivity index (χ0v) is 13.8. The van der Waals surface area contributed by atoms with Crippen LogP contribution in [-0.2, 0) is 0 Å². The molecule has 1 aromatic rings. The van der Waals surface area contributed by atoms with Crippen LogP contribution in [0.2, 0.25) is 0 Å². The third kappa shape index (κ3) is 3.73. The fraction of sp³-hybridized carbons (Fsp3) is 0.625. The van der Waals surface area contributed by atoms with Crippen molar-refractivity contribution in [3.63, 3.8) is 0 Å². The molecule has 1 aliphatic rings. The van der Waals surface area contributed by atoms with Crippen LogP contribution in [0.15, 0.2) is 22.7 Å². The molecule has 1 aliphatic carbocycles. The predicted molar refractivity (Wildman–Crippen MR) is 86.9 cm³/mol. The number of benzene rings is 1. The quantitative estimate of drug-likeness (QED) is 0.794. The number of halogens is 1. The molecular weight excluding hydrogens is 300 g/mol. The molecule has 1 unspecified atom stereocenters. The Labute approximate surface area is 125 Å². The van der Waals surface area contributed by atoms with Crippen molar-refractivity contribution >= 4 is 21.6 Å². The van der Waals surface area contributed by atoms with Crippen molar-refractivity contribution in [1.82, 2.24) is 5.32 Å². The average Bonchev–Trinajstić information content (AvgIpc) is 3.21. The van der Waals surface area contributed by atoms with E-state index in [4.69, 9.17) is 0 Å². The van der Waals surface area contributed by atoms with E-state index >= 15 is 0 Å². The van der Waals surface area contributed by atoms with Crippen LogP contribution in [-0.4, -0.2) is 19.1 Å². The molecule has 1 aromatic carbocycles. The fourth-order valence-electron chi connectivity index (χ4n) is 2.68. The van der Waals surface area contributed by atoms with Crippen molar-refractivity contribution < 1.29 is 0 Å². The summed E-state index contributed by atoms with van der Waals surface area (Å²) in [6.07, 6.45) is 3.91. The molecule has 0 heterocycles. The smallest absolute Gasteiger partial charge is 0.0417 e. The number of anilines is 1. The summed E-state index contributed by atoms with van der Waals surface area (Å²) in [7, 11) is 0. The van der Waals surface area contributed by atoms with Crippen molar-refractivity contribution in [2.75, 3.05) is 18.0 Å². The maximum Gasteiger partial charge on any atom is 0.0417 e. The molecule has 0 saturated heterocycles. The SMILES string of the molecule is CCCN(c1ccc(Br)cc1C(C)NCC)C1CC1. The molecule has 1 atom stereocenters. The minimum absolute atomic E-state index is 0.399. The van der Waals surface area contributed by atoms with Crippen LogP contribution in [0.25, 0.3) is 0 Å². The molecule has 0 spiro atoms. The molecule has 0 aromatic heterocycles. The van der Waals surface area contributed by atoms with Crippen molar-refractivity contribution in [2.24, 2.45) is 0 Å². The summed E-state index contributed by atoms with van der Waals surface area (Å²) in [4.78, 5) is 2.61. The van der Waals surface area contributed by atoms with Gasteiger partial charge in [0.2, 0.25) is 0 Å². The first-order valence-corrected chi connectivity index (χ1v) is 8.26. The highest BCUT2D eigenvalue weighted by molar-refractivity contribution is 9.10. The Bertz CT molecular complexity index is 415. The van der Waals surface area contributed by atoms with Crippen LogP contribution >= 0.6 is 15.9 Å². The van der Waals surface area contributed by atoms with Gasteiger partial charge in [-0.05, 0) is 56.5 Å². The standard InChI is InChI=1S/C16H25BrN2/c1-4-10-19(14-7-8-14)16-9-6-13(17)11-15(16)12(3)18-5-2/h6,9,11-12,14,18H,4-5,7-8,10H2,1-3H3. The highest BCUT2D eigenvalue weighted by Gasteiger charge is 2.30. The van der Waals surface area contributed by atoms with Crippen LogP contribution in [0.5, 0.6) is 0 Å². The lowest BCUT2D eigenvalue weighted by molar-refractivity contribution is 0.594. The van der Waals surface area contributed by atoms with E-state index in [1.54, 1.807) is 0 Å². The van der Waals surface area contributed by atoms with Gasteiger partial charge in [-0.15, -0.1) is 0 Å². The van der Waals surface area contributed by atoms with Crippen molar-refractivity contribution in [3.05, 3.63) is 28.2 Å². The first-order chi connectivity index (χ1) is 9.17. The molecule has 0 aliphatic heterocycles. The van der Waals surface area contributed by atoms with Gasteiger partial charge in [0.25, 0.3) is 0 Å².